The van der Waals surface area contributed by atoms with Crippen LogP contribution in [0.1, 0.15) is 13.3 Å². The zero-order chi connectivity index (χ0) is 8.53. The monoisotopic (exact) mass is 166 g/mol. The van der Waals surface area contributed by atoms with Gasteiger partial charge in [-0.3, -0.25) is 0 Å². The lowest BCUT2D eigenvalue weighted by atomic mass is 10.5. The van der Waals surface area contributed by atoms with Gasteiger partial charge in [-0.2, -0.15) is 0 Å². The molecule has 0 spiro atoms. The molecule has 5 heteroatoms. The average Bonchev–Trinajstić information content (AvgIpc) is 2.04. The van der Waals surface area contributed by atoms with E-state index in [2.05, 4.69) is 9.68 Å². The first kappa shape index (κ1) is 10.2. The third-order valence-electron chi connectivity index (χ3n) is 0.859. The summed E-state index contributed by atoms with van der Waals surface area (Å²) in [7, 11) is 0. The summed E-state index contributed by atoms with van der Waals surface area (Å²) in [5, 5.41) is 0. The van der Waals surface area contributed by atoms with Crippen molar-refractivity contribution in [3.05, 3.63) is 0 Å². The minimum Gasteiger partial charge on any atom is -0.430 e. The fourth-order valence-corrected chi connectivity index (χ4v) is 0.453. The van der Waals surface area contributed by atoms with E-state index in [9.17, 15) is 9.32 Å². The van der Waals surface area contributed by atoms with Gasteiger partial charge in [0.2, 0.25) is 0 Å². The number of carbonyl (C=O) groups excluding carboxylic acids is 1. The Morgan fingerprint density at radius 1 is 1.36 bits per heavy atom. The summed E-state index contributed by atoms with van der Waals surface area (Å²) in [5.74, 6) is 0. The Bertz CT molecular complexity index is 107. The van der Waals surface area contributed by atoms with Gasteiger partial charge < -0.3 is 9.47 Å². The van der Waals surface area contributed by atoms with E-state index < -0.39 is 6.16 Å². The number of rotatable bonds is 5. The molecule has 11 heavy (non-hydrogen) atoms. The lowest BCUT2D eigenvalue weighted by Crippen LogP contribution is -2.09. The first-order chi connectivity index (χ1) is 5.31. The maximum atomic E-state index is 10.9. The smallest absolute Gasteiger partial charge is 0.430 e. The van der Waals surface area contributed by atoms with Crippen LogP contribution in [0, 0.1) is 0 Å². The van der Waals surface area contributed by atoms with E-state index >= 15 is 0 Å². The molecule has 0 aromatic heterocycles. The molecule has 0 saturated carbocycles. The van der Waals surface area contributed by atoms with E-state index in [1.54, 1.807) is 0 Å². The molecule has 0 heterocycles. The molecular formula is C6H11FO4. The fraction of sp³-hybridized carbons (Fsp3) is 0.833. The van der Waals surface area contributed by atoms with Crippen molar-refractivity contribution in [2.45, 2.75) is 13.3 Å². The molecule has 66 valence electrons. The molecule has 0 amide bonds. The second-order valence-electron chi connectivity index (χ2n) is 1.79. The lowest BCUT2D eigenvalue weighted by Gasteiger charge is -2.01. The maximum absolute atomic E-state index is 10.9. The van der Waals surface area contributed by atoms with Gasteiger partial charge in [0.05, 0.1) is 6.61 Å². The van der Waals surface area contributed by atoms with Crippen LogP contribution in [-0.4, -0.2) is 26.0 Å². The number of hydrogen-bond donors (Lipinski definition) is 0. The Morgan fingerprint density at radius 2 is 2.09 bits per heavy atom. The van der Waals surface area contributed by atoms with Crippen molar-refractivity contribution in [3.8, 4) is 0 Å². The number of carbonyl (C=O) groups is 1. The van der Waals surface area contributed by atoms with Crippen molar-refractivity contribution in [1.29, 1.82) is 0 Å². The van der Waals surface area contributed by atoms with Crippen LogP contribution < -0.4 is 0 Å². The highest BCUT2D eigenvalue weighted by molar-refractivity contribution is 5.58. The highest BCUT2D eigenvalue weighted by Gasteiger charge is 2.01. The summed E-state index contributed by atoms with van der Waals surface area (Å²) in [6, 6.07) is 0. The summed E-state index contributed by atoms with van der Waals surface area (Å²) in [4.78, 5) is 12.7. The van der Waals surface area contributed by atoms with Crippen LogP contribution in [0.25, 0.3) is 0 Å². The van der Waals surface area contributed by atoms with Crippen molar-refractivity contribution < 1.29 is 23.7 Å². The van der Waals surface area contributed by atoms with Gasteiger partial charge in [0.25, 0.3) is 0 Å². The standard InChI is InChI=1S/C6H11FO4/c1-2-3-9-4-5-10-6(8)11-7/h2-5H2,1H3. The van der Waals surface area contributed by atoms with Crippen molar-refractivity contribution in [3.63, 3.8) is 0 Å². The first-order valence-corrected chi connectivity index (χ1v) is 3.34. The number of ether oxygens (including phenoxy) is 2. The van der Waals surface area contributed by atoms with Crippen LogP contribution in [0.4, 0.5) is 9.32 Å². The SMILES string of the molecule is CCCOCCOC(=O)OF. The Morgan fingerprint density at radius 3 is 2.64 bits per heavy atom. The second-order valence-corrected chi connectivity index (χ2v) is 1.79. The summed E-state index contributed by atoms with van der Waals surface area (Å²) in [6.07, 6.45) is -0.432. The maximum Gasteiger partial charge on any atom is 0.544 e. The van der Waals surface area contributed by atoms with Gasteiger partial charge in [-0.15, -0.1) is 0 Å². The highest BCUT2D eigenvalue weighted by Crippen LogP contribution is 1.86. The minimum atomic E-state index is -1.33. The summed E-state index contributed by atoms with van der Waals surface area (Å²) in [5.41, 5.74) is 0. The van der Waals surface area contributed by atoms with Gasteiger partial charge in [0, 0.05) is 11.1 Å². The van der Waals surface area contributed by atoms with Crippen LogP contribution in [0.15, 0.2) is 0 Å². The van der Waals surface area contributed by atoms with Crippen molar-refractivity contribution >= 4 is 6.16 Å². The molecule has 0 aliphatic rings. The van der Waals surface area contributed by atoms with Gasteiger partial charge in [-0.1, -0.05) is 6.92 Å². The topological polar surface area (TPSA) is 44.8 Å². The normalized spacial score (nSPS) is 9.27. The predicted molar refractivity (Wildman–Crippen MR) is 34.7 cm³/mol. The fourth-order valence-electron chi connectivity index (χ4n) is 0.453. The number of halogens is 1. The largest absolute Gasteiger partial charge is 0.544 e. The molecule has 0 rings (SSSR count). The van der Waals surface area contributed by atoms with E-state index in [4.69, 9.17) is 4.74 Å². The quantitative estimate of drug-likeness (QED) is 0.458. The van der Waals surface area contributed by atoms with Crippen LogP contribution in [0.3, 0.4) is 0 Å². The molecule has 0 fully saturated rings. The van der Waals surface area contributed by atoms with Gasteiger partial charge in [-0.05, 0) is 6.42 Å². The average molecular weight is 166 g/mol. The molecule has 0 saturated heterocycles. The van der Waals surface area contributed by atoms with Crippen LogP contribution in [0.2, 0.25) is 0 Å². The molecule has 0 aromatic carbocycles. The molecule has 0 radical (unpaired) electrons. The van der Waals surface area contributed by atoms with E-state index in [1.165, 1.54) is 0 Å². The molecule has 0 unspecified atom stereocenters. The van der Waals surface area contributed by atoms with E-state index in [1.807, 2.05) is 6.92 Å². The lowest BCUT2D eigenvalue weighted by molar-refractivity contribution is -0.104. The summed E-state index contributed by atoms with van der Waals surface area (Å²) < 4.78 is 20.0. The van der Waals surface area contributed by atoms with Crippen LogP contribution >= 0.6 is 0 Å². The van der Waals surface area contributed by atoms with Crippen molar-refractivity contribution in [2.24, 2.45) is 0 Å². The zero-order valence-electron chi connectivity index (χ0n) is 6.34. The molecule has 0 aliphatic heterocycles. The summed E-state index contributed by atoms with van der Waals surface area (Å²) >= 11 is 0. The van der Waals surface area contributed by atoms with E-state index in [-0.39, 0.29) is 13.2 Å². The Labute approximate surface area is 64.1 Å². The first-order valence-electron chi connectivity index (χ1n) is 3.34. The van der Waals surface area contributed by atoms with Crippen molar-refractivity contribution in [1.82, 2.24) is 0 Å². The number of hydrogen-bond acceptors (Lipinski definition) is 4. The highest BCUT2D eigenvalue weighted by atomic mass is 19.3. The van der Waals surface area contributed by atoms with E-state index in [0.717, 1.165) is 6.42 Å². The summed E-state index contributed by atoms with van der Waals surface area (Å²) in [6.45, 7) is 2.84. The minimum absolute atomic E-state index is 0.0166. The van der Waals surface area contributed by atoms with Gasteiger partial charge >= 0.3 is 6.16 Å². The molecular weight excluding hydrogens is 155 g/mol. The molecule has 4 nitrogen and oxygen atoms in total. The Hall–Kier alpha value is -0.840. The molecule has 0 aromatic rings. The molecule has 0 N–H and O–H groups in total. The predicted octanol–water partition coefficient (Wildman–Crippen LogP) is 1.45. The molecule has 0 atom stereocenters. The van der Waals surface area contributed by atoms with Crippen LogP contribution in [-0.2, 0) is 14.4 Å². The zero-order valence-corrected chi connectivity index (χ0v) is 6.34. The second kappa shape index (κ2) is 7.27. The van der Waals surface area contributed by atoms with Crippen LogP contribution in [0.5, 0.6) is 0 Å². The van der Waals surface area contributed by atoms with Gasteiger partial charge in [0.15, 0.2) is 0 Å². The molecule has 0 aliphatic carbocycles. The van der Waals surface area contributed by atoms with Crippen molar-refractivity contribution in [2.75, 3.05) is 19.8 Å². The third-order valence-corrected chi connectivity index (χ3v) is 0.859. The molecule has 0 bridgehead atoms. The van der Waals surface area contributed by atoms with E-state index in [0.29, 0.717) is 6.61 Å². The Kier molecular flexibility index (Phi) is 6.71. The Balaban J connectivity index is 2.95. The van der Waals surface area contributed by atoms with Gasteiger partial charge in [0.1, 0.15) is 6.61 Å². The third kappa shape index (κ3) is 7.05. The van der Waals surface area contributed by atoms with Gasteiger partial charge in [-0.25, -0.2) is 9.74 Å².